The van der Waals surface area contributed by atoms with Gasteiger partial charge in [0.05, 0.1) is 6.54 Å². The van der Waals surface area contributed by atoms with Gasteiger partial charge in [-0.05, 0) is 26.3 Å². The van der Waals surface area contributed by atoms with E-state index in [4.69, 9.17) is 5.11 Å². The summed E-state index contributed by atoms with van der Waals surface area (Å²) in [5.74, 6) is -0.954. The van der Waals surface area contributed by atoms with Crippen molar-refractivity contribution in [2.45, 2.75) is 45.3 Å². The monoisotopic (exact) mass is 241 g/mol. The van der Waals surface area contributed by atoms with E-state index in [1.807, 2.05) is 0 Å². The lowest BCUT2D eigenvalue weighted by Crippen LogP contribution is -2.37. The summed E-state index contributed by atoms with van der Waals surface area (Å²) in [5, 5.41) is 8.60. The van der Waals surface area contributed by atoms with Gasteiger partial charge in [-0.25, -0.2) is 0 Å². The molecule has 0 bridgehead atoms. The van der Waals surface area contributed by atoms with Crippen molar-refractivity contribution in [2.24, 2.45) is 0 Å². The second-order valence-corrected chi connectivity index (χ2v) is 3.81. The number of halogens is 3. The lowest BCUT2D eigenvalue weighted by atomic mass is 10.1. The minimum absolute atomic E-state index is 0.0424. The van der Waals surface area contributed by atoms with Gasteiger partial charge in [0.1, 0.15) is 0 Å². The molecule has 96 valence electrons. The topological polar surface area (TPSA) is 40.5 Å². The third kappa shape index (κ3) is 7.50. The highest BCUT2D eigenvalue weighted by Gasteiger charge is 2.27. The van der Waals surface area contributed by atoms with Crippen LogP contribution in [0.5, 0.6) is 0 Å². The van der Waals surface area contributed by atoms with Crippen LogP contribution in [0.1, 0.15) is 33.1 Å². The van der Waals surface area contributed by atoms with Crippen LogP contribution in [0.15, 0.2) is 0 Å². The third-order valence-electron chi connectivity index (χ3n) is 2.45. The van der Waals surface area contributed by atoms with Crippen molar-refractivity contribution >= 4 is 5.97 Å². The predicted octanol–water partition coefficient (Wildman–Crippen LogP) is 2.51. The van der Waals surface area contributed by atoms with Crippen LogP contribution in [0.4, 0.5) is 13.2 Å². The minimum Gasteiger partial charge on any atom is -0.480 e. The molecule has 1 atom stereocenters. The molecule has 3 nitrogen and oxygen atoms in total. The Kier molecular flexibility index (Phi) is 6.40. The molecule has 0 rings (SSSR count). The van der Waals surface area contributed by atoms with Crippen LogP contribution in [0.25, 0.3) is 0 Å². The summed E-state index contributed by atoms with van der Waals surface area (Å²) in [6.45, 7) is 3.95. The van der Waals surface area contributed by atoms with E-state index in [0.29, 0.717) is 13.0 Å². The van der Waals surface area contributed by atoms with Crippen molar-refractivity contribution in [1.82, 2.24) is 4.90 Å². The van der Waals surface area contributed by atoms with Crippen molar-refractivity contribution in [2.75, 3.05) is 13.1 Å². The van der Waals surface area contributed by atoms with Crippen LogP contribution in [0.3, 0.4) is 0 Å². The Morgan fingerprint density at radius 1 is 1.44 bits per heavy atom. The zero-order valence-corrected chi connectivity index (χ0v) is 9.55. The first kappa shape index (κ1) is 15.2. The number of aliphatic carboxylic acids is 1. The molecule has 0 saturated carbocycles. The maximum atomic E-state index is 11.9. The first-order chi connectivity index (χ1) is 7.26. The summed E-state index contributed by atoms with van der Waals surface area (Å²) < 4.78 is 35.7. The zero-order chi connectivity index (χ0) is 12.8. The molecule has 6 heteroatoms. The molecule has 0 heterocycles. The van der Waals surface area contributed by atoms with E-state index in [2.05, 4.69) is 0 Å². The maximum Gasteiger partial charge on any atom is 0.389 e. The number of hydrogen-bond donors (Lipinski definition) is 1. The van der Waals surface area contributed by atoms with Gasteiger partial charge in [0.25, 0.3) is 0 Å². The summed E-state index contributed by atoms with van der Waals surface area (Å²) >= 11 is 0. The predicted molar refractivity (Wildman–Crippen MR) is 54.3 cm³/mol. The van der Waals surface area contributed by atoms with Gasteiger partial charge in [-0.2, -0.15) is 13.2 Å². The van der Waals surface area contributed by atoms with Crippen LogP contribution in [-0.4, -0.2) is 41.3 Å². The van der Waals surface area contributed by atoms with Gasteiger partial charge in [-0.15, -0.1) is 0 Å². The standard InChI is InChI=1S/C10H18F3NO2/c1-3-14(7-9(15)16)8(2)5-4-6-10(11,12)13/h8H,3-7H2,1-2H3,(H,15,16). The summed E-state index contributed by atoms with van der Waals surface area (Å²) in [5.41, 5.74) is 0. The van der Waals surface area contributed by atoms with E-state index >= 15 is 0 Å². The Hall–Kier alpha value is -0.780. The van der Waals surface area contributed by atoms with Crippen molar-refractivity contribution in [1.29, 1.82) is 0 Å². The molecule has 1 N–H and O–H groups in total. The molecule has 1 unspecified atom stereocenters. The molecule has 0 aromatic rings. The van der Waals surface area contributed by atoms with Crippen LogP contribution >= 0.6 is 0 Å². The highest BCUT2D eigenvalue weighted by molar-refractivity contribution is 5.69. The molecule has 0 radical (unpaired) electrons. The largest absolute Gasteiger partial charge is 0.480 e. The van der Waals surface area contributed by atoms with E-state index in [1.165, 1.54) is 0 Å². The highest BCUT2D eigenvalue weighted by Crippen LogP contribution is 2.23. The molecule has 0 aromatic heterocycles. The molecule has 0 aliphatic heterocycles. The fourth-order valence-corrected chi connectivity index (χ4v) is 1.53. The SMILES string of the molecule is CCN(CC(=O)O)C(C)CCCC(F)(F)F. The van der Waals surface area contributed by atoms with E-state index in [0.717, 1.165) is 0 Å². The fraction of sp³-hybridized carbons (Fsp3) is 0.900. The molecule has 0 fully saturated rings. The van der Waals surface area contributed by atoms with Crippen LogP contribution < -0.4 is 0 Å². The average molecular weight is 241 g/mol. The number of carbonyl (C=O) groups is 1. The fourth-order valence-electron chi connectivity index (χ4n) is 1.53. The van der Waals surface area contributed by atoms with Crippen LogP contribution in [-0.2, 0) is 4.79 Å². The van der Waals surface area contributed by atoms with Gasteiger partial charge in [-0.1, -0.05) is 6.92 Å². The Labute approximate surface area is 93.2 Å². The quantitative estimate of drug-likeness (QED) is 0.744. The lowest BCUT2D eigenvalue weighted by Gasteiger charge is -2.26. The average Bonchev–Trinajstić information content (AvgIpc) is 2.11. The van der Waals surface area contributed by atoms with Crippen molar-refractivity contribution in [3.05, 3.63) is 0 Å². The Balaban J connectivity index is 3.93. The lowest BCUT2D eigenvalue weighted by molar-refractivity contribution is -0.140. The Morgan fingerprint density at radius 3 is 2.38 bits per heavy atom. The number of carboxylic acid groups (broad SMARTS) is 1. The van der Waals surface area contributed by atoms with Crippen molar-refractivity contribution < 1.29 is 23.1 Å². The number of nitrogens with zero attached hydrogens (tertiary/aromatic N) is 1. The smallest absolute Gasteiger partial charge is 0.389 e. The number of rotatable bonds is 7. The third-order valence-corrected chi connectivity index (χ3v) is 2.45. The van der Waals surface area contributed by atoms with E-state index in [-0.39, 0.29) is 19.0 Å². The van der Waals surface area contributed by atoms with Gasteiger partial charge < -0.3 is 5.11 Å². The van der Waals surface area contributed by atoms with E-state index in [1.54, 1.807) is 18.7 Å². The number of hydrogen-bond acceptors (Lipinski definition) is 2. The van der Waals surface area contributed by atoms with Crippen LogP contribution in [0, 0.1) is 0 Å². The van der Waals surface area contributed by atoms with Gasteiger partial charge in [0.15, 0.2) is 0 Å². The summed E-state index contributed by atoms with van der Waals surface area (Å²) in [6.07, 6.45) is -4.52. The summed E-state index contributed by atoms with van der Waals surface area (Å²) in [6, 6.07) is -0.136. The first-order valence-electron chi connectivity index (χ1n) is 5.29. The molecular weight excluding hydrogens is 223 g/mol. The highest BCUT2D eigenvalue weighted by atomic mass is 19.4. The molecule has 0 spiro atoms. The van der Waals surface area contributed by atoms with Crippen molar-refractivity contribution in [3.8, 4) is 0 Å². The number of carboxylic acids is 1. The van der Waals surface area contributed by atoms with Crippen LogP contribution in [0.2, 0.25) is 0 Å². The second kappa shape index (κ2) is 6.73. The second-order valence-electron chi connectivity index (χ2n) is 3.81. The summed E-state index contributed by atoms with van der Waals surface area (Å²) in [7, 11) is 0. The number of alkyl halides is 3. The maximum absolute atomic E-state index is 11.9. The molecular formula is C10H18F3NO2. The minimum atomic E-state index is -4.12. The molecule has 0 saturated heterocycles. The zero-order valence-electron chi connectivity index (χ0n) is 9.55. The molecule has 0 aliphatic carbocycles. The summed E-state index contributed by atoms with van der Waals surface area (Å²) in [4.78, 5) is 12.1. The van der Waals surface area contributed by atoms with Crippen molar-refractivity contribution in [3.63, 3.8) is 0 Å². The van der Waals surface area contributed by atoms with Gasteiger partial charge in [-0.3, -0.25) is 9.69 Å². The van der Waals surface area contributed by atoms with E-state index in [9.17, 15) is 18.0 Å². The molecule has 0 aliphatic rings. The Morgan fingerprint density at radius 2 is 2.00 bits per heavy atom. The Bertz CT molecular complexity index is 219. The van der Waals surface area contributed by atoms with Gasteiger partial charge in [0.2, 0.25) is 0 Å². The van der Waals surface area contributed by atoms with Gasteiger partial charge >= 0.3 is 12.1 Å². The van der Waals surface area contributed by atoms with E-state index < -0.39 is 18.6 Å². The van der Waals surface area contributed by atoms with Gasteiger partial charge in [0, 0.05) is 12.5 Å². The first-order valence-corrected chi connectivity index (χ1v) is 5.29. The molecule has 0 aromatic carbocycles. The number of likely N-dealkylation sites (N-methyl/N-ethyl adjacent to an activating group) is 1. The normalized spacial score (nSPS) is 14.1. The molecule has 16 heavy (non-hydrogen) atoms. The molecule has 0 amide bonds.